The number of rotatable bonds is 14. The molecule has 1 aliphatic carbocycles. The molecule has 1 saturated heterocycles. The molecule has 3 aliphatic rings. The molecular formula is C32H54N8O6. The van der Waals surface area contributed by atoms with Gasteiger partial charge in [-0.1, -0.05) is 43.9 Å². The molecule has 2 fully saturated rings. The molecule has 2 aliphatic heterocycles. The minimum atomic E-state index is -1.27. The van der Waals surface area contributed by atoms with Crippen molar-refractivity contribution >= 4 is 16.8 Å². The van der Waals surface area contributed by atoms with Crippen LogP contribution in [0.3, 0.4) is 0 Å². The van der Waals surface area contributed by atoms with Gasteiger partial charge >= 0.3 is 0 Å². The Balaban J connectivity index is 0.972. The van der Waals surface area contributed by atoms with Crippen LogP contribution in [0.4, 0.5) is 0 Å². The van der Waals surface area contributed by atoms with E-state index in [-0.39, 0.29) is 18.5 Å². The van der Waals surface area contributed by atoms with Crippen LogP contribution >= 0.6 is 0 Å². The number of hydrogen-bond donors (Lipinski definition) is 11. The van der Waals surface area contributed by atoms with Crippen molar-refractivity contribution in [2.24, 2.45) is 22.9 Å². The number of hydrogen-bond acceptors (Lipinski definition) is 12. The van der Waals surface area contributed by atoms with E-state index in [9.17, 15) is 20.1 Å². The number of ether oxygens (including phenoxy) is 2. The first-order chi connectivity index (χ1) is 22.2. The van der Waals surface area contributed by atoms with E-state index < -0.39 is 61.0 Å². The van der Waals surface area contributed by atoms with Gasteiger partial charge < -0.3 is 63.3 Å². The van der Waals surface area contributed by atoms with E-state index in [1.54, 1.807) is 0 Å². The average Bonchev–Trinajstić information content (AvgIpc) is 3.43. The highest BCUT2D eigenvalue weighted by Gasteiger charge is 2.48. The van der Waals surface area contributed by atoms with Crippen molar-refractivity contribution in [2.75, 3.05) is 19.6 Å². The third-order valence-corrected chi connectivity index (χ3v) is 9.83. The molecule has 0 spiro atoms. The van der Waals surface area contributed by atoms with Crippen LogP contribution in [0.2, 0.25) is 0 Å². The predicted octanol–water partition coefficient (Wildman–Crippen LogP) is -1.87. The topological polar surface area (TPSA) is 252 Å². The maximum Gasteiger partial charge on any atom is 0.237 e. The molecule has 5 rings (SSSR count). The van der Waals surface area contributed by atoms with E-state index >= 15 is 0 Å². The number of aromatic amines is 1. The molecule has 1 unspecified atom stereocenters. The van der Waals surface area contributed by atoms with E-state index in [1.165, 1.54) is 10.9 Å². The van der Waals surface area contributed by atoms with Crippen LogP contribution in [0.5, 0.6) is 0 Å². The van der Waals surface area contributed by atoms with Crippen molar-refractivity contribution in [1.29, 1.82) is 0 Å². The number of amides is 1. The number of para-hydroxylation sites is 1. The molecule has 1 amide bonds. The number of carbonyl (C=O) groups is 1. The van der Waals surface area contributed by atoms with Gasteiger partial charge in [0.2, 0.25) is 5.91 Å². The van der Waals surface area contributed by atoms with Crippen molar-refractivity contribution in [3.05, 3.63) is 35.5 Å². The Labute approximate surface area is 270 Å². The number of nitrogens with one attached hydrogen (secondary N) is 4. The number of unbranched alkanes of at least 4 members (excludes halogenated alkanes) is 5. The Hall–Kier alpha value is -2.21. The number of aromatic nitrogens is 1. The Morgan fingerprint density at radius 1 is 0.957 bits per heavy atom. The summed E-state index contributed by atoms with van der Waals surface area (Å²) in [7, 11) is 0. The molecule has 11 atom stereocenters. The van der Waals surface area contributed by atoms with Crippen molar-refractivity contribution in [3.63, 3.8) is 0 Å². The lowest BCUT2D eigenvalue weighted by Crippen LogP contribution is -2.69. The van der Waals surface area contributed by atoms with Crippen LogP contribution in [0.25, 0.3) is 10.9 Å². The lowest BCUT2D eigenvalue weighted by molar-refractivity contribution is -0.279. The molecule has 0 bridgehead atoms. The van der Waals surface area contributed by atoms with Gasteiger partial charge in [0.05, 0.1) is 30.3 Å². The fraction of sp³-hybridized carbons (Fsp3) is 0.719. The van der Waals surface area contributed by atoms with Crippen molar-refractivity contribution in [2.45, 2.75) is 125 Å². The van der Waals surface area contributed by atoms with E-state index in [0.717, 1.165) is 49.7 Å². The van der Waals surface area contributed by atoms with E-state index in [0.29, 0.717) is 32.5 Å². The summed E-state index contributed by atoms with van der Waals surface area (Å²) in [4.78, 5) is 16.3. The number of H-pyrrole nitrogens is 1. The maximum atomic E-state index is 12.8. The van der Waals surface area contributed by atoms with Gasteiger partial charge in [-0.3, -0.25) is 10.1 Å². The van der Waals surface area contributed by atoms with Crippen LogP contribution in [0.15, 0.2) is 24.3 Å². The van der Waals surface area contributed by atoms with Gasteiger partial charge in [-0.15, -0.1) is 0 Å². The summed E-state index contributed by atoms with van der Waals surface area (Å²) < 4.78 is 11.9. The number of carbonyl (C=O) groups excluding carboxylic acids is 1. The zero-order valence-corrected chi connectivity index (χ0v) is 26.5. The summed E-state index contributed by atoms with van der Waals surface area (Å²) in [5.41, 5.74) is 27.9. The van der Waals surface area contributed by atoms with Gasteiger partial charge in [-0.05, 0) is 43.9 Å². The Kier molecular flexibility index (Phi) is 12.4. The van der Waals surface area contributed by atoms with Gasteiger partial charge in [-0.2, -0.15) is 0 Å². The lowest BCUT2D eigenvalue weighted by atomic mass is 9.82. The fourth-order valence-corrected chi connectivity index (χ4v) is 7.05. The summed E-state index contributed by atoms with van der Waals surface area (Å²) in [5.74, 6) is 0.0543. The van der Waals surface area contributed by atoms with E-state index in [1.807, 2.05) is 12.1 Å². The van der Waals surface area contributed by atoms with Gasteiger partial charge in [0.1, 0.15) is 18.3 Å². The number of nitrogens with two attached hydrogens (primary N) is 4. The van der Waals surface area contributed by atoms with Crippen molar-refractivity contribution in [1.82, 2.24) is 20.9 Å². The zero-order chi connectivity index (χ0) is 32.8. The highest BCUT2D eigenvalue weighted by Crippen LogP contribution is 2.28. The molecule has 1 saturated carbocycles. The molecule has 1 aromatic carbocycles. The number of fused-ring (bicyclic) bond motifs is 3. The third kappa shape index (κ3) is 8.08. The fourth-order valence-electron chi connectivity index (χ4n) is 7.05. The van der Waals surface area contributed by atoms with Crippen molar-refractivity contribution in [3.8, 4) is 0 Å². The maximum absolute atomic E-state index is 12.8. The second-order valence-corrected chi connectivity index (χ2v) is 13.1. The zero-order valence-electron chi connectivity index (χ0n) is 26.5. The summed E-state index contributed by atoms with van der Waals surface area (Å²) in [6.45, 7) is 1.94. The number of aliphatic hydroxyl groups excluding tert-OH is 3. The van der Waals surface area contributed by atoms with Crippen LogP contribution in [-0.4, -0.2) is 113 Å². The van der Waals surface area contributed by atoms with Gasteiger partial charge in [0, 0.05) is 48.3 Å². The molecule has 2 aromatic rings. The number of aliphatic hydroxyl groups is 3. The van der Waals surface area contributed by atoms with Gasteiger partial charge in [0.15, 0.2) is 6.29 Å². The lowest BCUT2D eigenvalue weighted by Gasteiger charge is -2.47. The molecule has 258 valence electrons. The van der Waals surface area contributed by atoms with Crippen LogP contribution in [-0.2, 0) is 27.2 Å². The van der Waals surface area contributed by atoms with Gasteiger partial charge in [0.25, 0.3) is 0 Å². The Bertz CT molecular complexity index is 1260. The average molecular weight is 647 g/mol. The molecule has 1 aromatic heterocycles. The molecule has 3 heterocycles. The molecule has 46 heavy (non-hydrogen) atoms. The van der Waals surface area contributed by atoms with Crippen LogP contribution in [0, 0.1) is 0 Å². The van der Waals surface area contributed by atoms with E-state index in [4.69, 9.17) is 32.4 Å². The van der Waals surface area contributed by atoms with Crippen molar-refractivity contribution < 1.29 is 29.6 Å². The summed E-state index contributed by atoms with van der Waals surface area (Å²) >= 11 is 0. The summed E-state index contributed by atoms with van der Waals surface area (Å²) in [5, 5.41) is 42.5. The first-order valence-corrected chi connectivity index (χ1v) is 16.8. The SMILES string of the molecule is NC[C@H]1O[C@H](O[C@H]2[C@@H](NCCCCCCCCNC(=O)C3Cc4c([nH]c5ccccc45)CN3)[C@@H](O)[C@H](N)C[C@@H]2N)[C@H](N)[C@@H](O)[C@@H]1O. The predicted molar refractivity (Wildman–Crippen MR) is 174 cm³/mol. The van der Waals surface area contributed by atoms with Gasteiger partial charge in [-0.25, -0.2) is 0 Å². The minimum absolute atomic E-state index is 0.0174. The largest absolute Gasteiger partial charge is 0.390 e. The highest BCUT2D eigenvalue weighted by atomic mass is 16.7. The standard InChI is InChI=1S/C32H54N8O6/c33-15-24-28(42)29(43)25(36)32(45-24)46-30-20(35)14-19(34)27(41)26(30)37-11-7-3-1-2-4-8-12-38-31(44)22-13-18-17-9-5-6-10-21(17)40-23(18)16-39-22/h5-6,9-10,19-20,22,24-30,32,37,39-43H,1-4,7-8,11-16,33-36H2,(H,38,44)/t19-,20+,22?,24-,25-,26+,27+,28-,29-,30-,32-/m1/s1. The monoisotopic (exact) mass is 646 g/mol. The molecule has 14 heteroatoms. The van der Waals surface area contributed by atoms with E-state index in [2.05, 4.69) is 33.1 Å². The number of benzene rings is 1. The van der Waals surface area contributed by atoms with Crippen LogP contribution in [0.1, 0.15) is 56.2 Å². The molecule has 14 nitrogen and oxygen atoms in total. The highest BCUT2D eigenvalue weighted by molar-refractivity contribution is 5.88. The molecule has 0 radical (unpaired) electrons. The first kappa shape index (κ1) is 35.1. The third-order valence-electron chi connectivity index (χ3n) is 9.83. The Morgan fingerprint density at radius 3 is 2.43 bits per heavy atom. The molecule has 15 N–H and O–H groups in total. The summed E-state index contributed by atoms with van der Waals surface area (Å²) in [6, 6.07) is 5.44. The first-order valence-electron chi connectivity index (χ1n) is 16.8. The molecular weight excluding hydrogens is 592 g/mol. The minimum Gasteiger partial charge on any atom is -0.390 e. The normalized spacial score (nSPS) is 34.8. The quantitative estimate of drug-likeness (QED) is 0.101. The second kappa shape index (κ2) is 16.3. The summed E-state index contributed by atoms with van der Waals surface area (Å²) in [6.07, 6.45) is 1.07. The van der Waals surface area contributed by atoms with Crippen LogP contribution < -0.4 is 38.9 Å². The smallest absolute Gasteiger partial charge is 0.237 e. The Morgan fingerprint density at radius 2 is 1.67 bits per heavy atom. The second-order valence-electron chi connectivity index (χ2n) is 13.1.